The second-order valence-corrected chi connectivity index (χ2v) is 8.46. The molecule has 0 spiro atoms. The van der Waals surface area contributed by atoms with E-state index in [9.17, 15) is 14.4 Å². The number of thiocarbonyl (C=S) groups is 1. The average Bonchev–Trinajstić information content (AvgIpc) is 2.89. The predicted octanol–water partition coefficient (Wildman–Crippen LogP) is 2.69. The second kappa shape index (κ2) is 14.0. The van der Waals surface area contributed by atoms with Crippen LogP contribution in [-0.4, -0.2) is 66.7 Å². The van der Waals surface area contributed by atoms with Gasteiger partial charge >= 0.3 is 5.97 Å². The van der Waals surface area contributed by atoms with Crippen LogP contribution in [0.15, 0.2) is 54.6 Å². The van der Waals surface area contributed by atoms with Crippen LogP contribution < -0.4 is 20.1 Å². The van der Waals surface area contributed by atoms with E-state index in [4.69, 9.17) is 26.4 Å². The predicted molar refractivity (Wildman–Crippen MR) is 138 cm³/mol. The Kier molecular flexibility index (Phi) is 10.5. The normalized spacial score (nSPS) is 15.0. The van der Waals surface area contributed by atoms with E-state index in [1.54, 1.807) is 36.4 Å². The van der Waals surface area contributed by atoms with Crippen molar-refractivity contribution in [3.8, 4) is 11.5 Å². The molecule has 2 aromatic carbocycles. The topological polar surface area (TPSA) is 106 Å². The van der Waals surface area contributed by atoms with E-state index in [0.29, 0.717) is 36.8 Å². The first kappa shape index (κ1) is 26.9. The lowest BCUT2D eigenvalue weighted by atomic mass is 10.1. The summed E-state index contributed by atoms with van der Waals surface area (Å²) in [6.07, 6.45) is 1.78. The van der Waals surface area contributed by atoms with Gasteiger partial charge < -0.3 is 24.4 Å². The van der Waals surface area contributed by atoms with Crippen molar-refractivity contribution in [2.75, 3.05) is 32.9 Å². The fourth-order valence-corrected chi connectivity index (χ4v) is 3.80. The second-order valence-electron chi connectivity index (χ2n) is 8.07. The van der Waals surface area contributed by atoms with E-state index >= 15 is 0 Å². The van der Waals surface area contributed by atoms with Gasteiger partial charge in [0.05, 0.1) is 13.0 Å². The van der Waals surface area contributed by atoms with Crippen LogP contribution in [-0.2, 0) is 14.3 Å². The molecule has 2 aromatic rings. The number of amides is 2. The number of unbranched alkanes of at least 4 members (excludes halogenated alkanes) is 1. The third kappa shape index (κ3) is 8.23. The molecule has 1 saturated heterocycles. The van der Waals surface area contributed by atoms with E-state index in [-0.39, 0.29) is 30.7 Å². The number of carbonyl (C=O) groups excluding carboxylic acids is 3. The summed E-state index contributed by atoms with van der Waals surface area (Å²) in [5.74, 6) is 0.0232. The zero-order valence-electron chi connectivity index (χ0n) is 20.2. The molecule has 1 unspecified atom stereocenters. The number of nitrogens with one attached hydrogen (secondary N) is 2. The lowest BCUT2D eigenvalue weighted by Gasteiger charge is -2.36. The third-order valence-corrected chi connectivity index (χ3v) is 5.75. The number of nitrogens with zero attached hydrogens (tertiary/aromatic N) is 1. The van der Waals surface area contributed by atoms with Gasteiger partial charge in [-0.3, -0.25) is 19.7 Å². The van der Waals surface area contributed by atoms with Crippen molar-refractivity contribution in [1.82, 2.24) is 15.5 Å². The maximum atomic E-state index is 12.7. The Balaban J connectivity index is 1.49. The molecule has 3 rings (SSSR count). The average molecular weight is 514 g/mol. The minimum atomic E-state index is -0.886. The first-order valence-electron chi connectivity index (χ1n) is 11.9. The Morgan fingerprint density at radius 3 is 2.44 bits per heavy atom. The minimum Gasteiger partial charge on any atom is -0.494 e. The third-order valence-electron chi connectivity index (χ3n) is 5.41. The summed E-state index contributed by atoms with van der Waals surface area (Å²) in [6, 6.07) is 15.0. The molecule has 1 atom stereocenters. The maximum absolute atomic E-state index is 12.7. The number of esters is 1. The van der Waals surface area contributed by atoms with Crippen LogP contribution in [0, 0.1) is 0 Å². The quantitative estimate of drug-likeness (QED) is 0.268. The van der Waals surface area contributed by atoms with Crippen molar-refractivity contribution in [3.63, 3.8) is 0 Å². The summed E-state index contributed by atoms with van der Waals surface area (Å²) in [5, 5.41) is 5.45. The highest BCUT2D eigenvalue weighted by molar-refractivity contribution is 7.80. The number of rotatable bonds is 11. The van der Waals surface area contributed by atoms with Gasteiger partial charge in [0.25, 0.3) is 5.91 Å². The standard InChI is InChI=1S/C26H31N3O6S/c1-2-3-15-33-21-11-9-19(10-12-21)24(31)28-26(36)29-14-13-27-25(32)22(29)18-23(30)35-17-16-34-20-7-5-4-6-8-20/h4-12,22H,2-3,13-18H2,1H3,(H,27,32)(H,28,31,36). The highest BCUT2D eigenvalue weighted by atomic mass is 32.1. The summed E-state index contributed by atoms with van der Waals surface area (Å²) in [6.45, 7) is 3.63. The molecule has 1 fully saturated rings. The van der Waals surface area contributed by atoms with Crippen LogP contribution in [0.25, 0.3) is 0 Å². The number of benzene rings is 2. The molecule has 0 aliphatic carbocycles. The molecular formula is C26H31N3O6S. The van der Waals surface area contributed by atoms with Gasteiger partial charge in [0.1, 0.15) is 30.8 Å². The fraction of sp³-hybridized carbons (Fsp3) is 0.385. The summed E-state index contributed by atoms with van der Waals surface area (Å²) in [7, 11) is 0. The summed E-state index contributed by atoms with van der Waals surface area (Å²) in [4.78, 5) is 39.1. The van der Waals surface area contributed by atoms with Crippen LogP contribution in [0.3, 0.4) is 0 Å². The molecule has 0 saturated carbocycles. The summed E-state index contributed by atoms with van der Waals surface area (Å²) in [5.41, 5.74) is 0.399. The zero-order valence-corrected chi connectivity index (χ0v) is 21.1. The molecule has 9 nitrogen and oxygen atoms in total. The van der Waals surface area contributed by atoms with Crippen LogP contribution >= 0.6 is 12.2 Å². The Morgan fingerprint density at radius 2 is 1.72 bits per heavy atom. The highest BCUT2D eigenvalue weighted by Crippen LogP contribution is 2.14. The lowest BCUT2D eigenvalue weighted by molar-refractivity contribution is -0.148. The number of piperazine rings is 1. The molecule has 1 aliphatic rings. The fourth-order valence-electron chi connectivity index (χ4n) is 3.49. The SMILES string of the molecule is CCCCOc1ccc(C(=O)NC(=S)N2CCNC(=O)C2CC(=O)OCCOc2ccccc2)cc1. The van der Waals surface area contributed by atoms with Crippen molar-refractivity contribution in [2.24, 2.45) is 0 Å². The maximum Gasteiger partial charge on any atom is 0.308 e. The molecule has 0 radical (unpaired) electrons. The highest BCUT2D eigenvalue weighted by Gasteiger charge is 2.34. The molecule has 192 valence electrons. The van der Waals surface area contributed by atoms with Gasteiger partial charge in [-0.2, -0.15) is 0 Å². The van der Waals surface area contributed by atoms with Gasteiger partial charge in [0, 0.05) is 18.7 Å². The molecule has 10 heteroatoms. The smallest absolute Gasteiger partial charge is 0.308 e. The Morgan fingerprint density at radius 1 is 1.03 bits per heavy atom. The van der Waals surface area contributed by atoms with Gasteiger partial charge in [-0.25, -0.2) is 0 Å². The van der Waals surface area contributed by atoms with Crippen LogP contribution in [0.2, 0.25) is 0 Å². The Labute approximate surface area is 216 Å². The van der Waals surface area contributed by atoms with Gasteiger partial charge in [-0.15, -0.1) is 0 Å². The van der Waals surface area contributed by atoms with Gasteiger partial charge in [-0.1, -0.05) is 31.5 Å². The first-order valence-corrected chi connectivity index (χ1v) is 12.3. The molecule has 0 aromatic heterocycles. The summed E-state index contributed by atoms with van der Waals surface area (Å²) >= 11 is 5.41. The minimum absolute atomic E-state index is 0.0431. The van der Waals surface area contributed by atoms with Crippen LogP contribution in [0.1, 0.15) is 36.5 Å². The Hall–Kier alpha value is -3.66. The van der Waals surface area contributed by atoms with Crippen molar-refractivity contribution < 1.29 is 28.6 Å². The van der Waals surface area contributed by atoms with Crippen molar-refractivity contribution in [1.29, 1.82) is 0 Å². The number of hydrogen-bond donors (Lipinski definition) is 2. The van der Waals surface area contributed by atoms with Crippen molar-refractivity contribution in [2.45, 2.75) is 32.2 Å². The van der Waals surface area contributed by atoms with E-state index in [1.807, 2.05) is 18.2 Å². The van der Waals surface area contributed by atoms with Crippen molar-refractivity contribution >= 4 is 35.1 Å². The van der Waals surface area contributed by atoms with E-state index < -0.39 is 17.9 Å². The number of carbonyl (C=O) groups is 3. The van der Waals surface area contributed by atoms with E-state index in [2.05, 4.69) is 17.6 Å². The van der Waals surface area contributed by atoms with Crippen LogP contribution in [0.5, 0.6) is 11.5 Å². The molecule has 1 aliphatic heterocycles. The van der Waals surface area contributed by atoms with Gasteiger partial charge in [0.15, 0.2) is 5.11 Å². The molecule has 36 heavy (non-hydrogen) atoms. The number of hydrogen-bond acceptors (Lipinski definition) is 7. The van der Waals surface area contributed by atoms with E-state index in [0.717, 1.165) is 12.8 Å². The lowest BCUT2D eigenvalue weighted by Crippen LogP contribution is -2.60. The molecule has 2 amide bonds. The molecular weight excluding hydrogens is 482 g/mol. The van der Waals surface area contributed by atoms with E-state index in [1.165, 1.54) is 4.90 Å². The Bertz CT molecular complexity index is 1030. The largest absolute Gasteiger partial charge is 0.494 e. The number of ether oxygens (including phenoxy) is 3. The van der Waals surface area contributed by atoms with Gasteiger partial charge in [-0.05, 0) is 55.0 Å². The first-order chi connectivity index (χ1) is 17.5. The monoisotopic (exact) mass is 513 g/mol. The summed E-state index contributed by atoms with van der Waals surface area (Å²) < 4.78 is 16.3. The molecule has 0 bridgehead atoms. The number of para-hydroxylation sites is 1. The molecule has 2 N–H and O–H groups in total. The van der Waals surface area contributed by atoms with Gasteiger partial charge in [0.2, 0.25) is 5.91 Å². The molecule has 1 heterocycles. The zero-order chi connectivity index (χ0) is 25.8. The van der Waals surface area contributed by atoms with Crippen molar-refractivity contribution in [3.05, 3.63) is 60.2 Å². The van der Waals surface area contributed by atoms with Crippen LogP contribution in [0.4, 0.5) is 0 Å².